The average Bonchev–Trinajstić information content (AvgIpc) is 3.32. The summed E-state index contributed by atoms with van der Waals surface area (Å²) in [5.41, 5.74) is 3.88. The summed E-state index contributed by atoms with van der Waals surface area (Å²) < 4.78 is 0. The van der Waals surface area contributed by atoms with Gasteiger partial charge in [0.05, 0.1) is 6.61 Å². The van der Waals surface area contributed by atoms with Gasteiger partial charge in [-0.3, -0.25) is 4.90 Å². The van der Waals surface area contributed by atoms with Gasteiger partial charge < -0.3 is 10.1 Å². The van der Waals surface area contributed by atoms with Crippen LogP contribution in [0.5, 0.6) is 0 Å². The van der Waals surface area contributed by atoms with Gasteiger partial charge in [0.15, 0.2) is 0 Å². The molecule has 1 saturated heterocycles. The Kier molecular flexibility index (Phi) is 4.21. The Morgan fingerprint density at radius 1 is 1.30 bits per heavy atom. The highest BCUT2D eigenvalue weighted by Gasteiger charge is 2.23. The second kappa shape index (κ2) is 6.48. The number of fused-ring (bicyclic) bond motifs is 1. The molecule has 0 aliphatic carbocycles. The van der Waals surface area contributed by atoms with Gasteiger partial charge in [-0.15, -0.1) is 11.3 Å². The highest BCUT2D eigenvalue weighted by molar-refractivity contribution is 7.13. The largest absolute Gasteiger partial charge is 0.395 e. The van der Waals surface area contributed by atoms with Crippen molar-refractivity contribution < 1.29 is 5.11 Å². The summed E-state index contributed by atoms with van der Waals surface area (Å²) >= 11 is 1.78. The summed E-state index contributed by atoms with van der Waals surface area (Å²) in [5.74, 6) is 0. The van der Waals surface area contributed by atoms with Crippen LogP contribution in [0.1, 0.15) is 18.4 Å². The molecule has 2 N–H and O–H groups in total. The fourth-order valence-corrected chi connectivity index (χ4v) is 4.37. The highest BCUT2D eigenvalue weighted by Crippen LogP contribution is 2.29. The Labute approximate surface area is 140 Å². The van der Waals surface area contributed by atoms with E-state index in [1.165, 1.54) is 33.3 Å². The first-order valence-electron chi connectivity index (χ1n) is 8.34. The van der Waals surface area contributed by atoms with E-state index in [4.69, 9.17) is 0 Å². The third kappa shape index (κ3) is 2.94. The van der Waals surface area contributed by atoms with Crippen LogP contribution in [0.25, 0.3) is 21.3 Å². The topological polar surface area (TPSA) is 39.3 Å². The zero-order valence-corrected chi connectivity index (χ0v) is 14.0. The zero-order valence-electron chi connectivity index (χ0n) is 13.2. The Hall–Kier alpha value is -1.62. The molecule has 1 aliphatic heterocycles. The minimum absolute atomic E-state index is 0.288. The quantitative estimate of drug-likeness (QED) is 0.746. The molecule has 23 heavy (non-hydrogen) atoms. The minimum Gasteiger partial charge on any atom is -0.395 e. The maximum absolute atomic E-state index is 9.46. The SMILES string of the molecule is OCC1CCCN1CCc1c[nH]c2ccc(-c3cccs3)cc12. The number of H-pyrrole nitrogens is 1. The van der Waals surface area contributed by atoms with E-state index < -0.39 is 0 Å². The standard InChI is InChI=1S/C19H22N2OS/c22-13-16-3-1-8-21(16)9-7-15-12-20-18-6-5-14(11-17(15)18)19-4-2-10-23-19/h2,4-6,10-12,16,20,22H,1,3,7-9,13H2. The van der Waals surface area contributed by atoms with Gasteiger partial charge in [-0.05, 0) is 60.5 Å². The number of hydrogen-bond acceptors (Lipinski definition) is 3. The predicted octanol–water partition coefficient (Wildman–Crippen LogP) is 3.90. The molecule has 1 aromatic carbocycles. The molecule has 120 valence electrons. The molecular formula is C19H22N2OS. The number of thiophene rings is 1. The van der Waals surface area contributed by atoms with Crippen molar-refractivity contribution in [1.29, 1.82) is 0 Å². The Bertz CT molecular complexity index is 778. The lowest BCUT2D eigenvalue weighted by Gasteiger charge is -2.22. The zero-order chi connectivity index (χ0) is 15.6. The number of nitrogens with one attached hydrogen (secondary N) is 1. The molecule has 0 radical (unpaired) electrons. The Balaban J connectivity index is 1.56. The van der Waals surface area contributed by atoms with Crippen LogP contribution >= 0.6 is 11.3 Å². The summed E-state index contributed by atoms with van der Waals surface area (Å²) in [7, 11) is 0. The fraction of sp³-hybridized carbons (Fsp3) is 0.368. The normalized spacial score (nSPS) is 18.9. The molecule has 0 bridgehead atoms. The van der Waals surface area contributed by atoms with E-state index in [1.54, 1.807) is 11.3 Å². The lowest BCUT2D eigenvalue weighted by Crippen LogP contribution is -2.33. The van der Waals surface area contributed by atoms with Crippen LogP contribution < -0.4 is 0 Å². The summed E-state index contributed by atoms with van der Waals surface area (Å²) in [4.78, 5) is 7.15. The minimum atomic E-state index is 0.288. The van der Waals surface area contributed by atoms with Crippen molar-refractivity contribution in [3.63, 3.8) is 0 Å². The summed E-state index contributed by atoms with van der Waals surface area (Å²) in [6.45, 7) is 2.44. The van der Waals surface area contributed by atoms with Gasteiger partial charge in [-0.2, -0.15) is 0 Å². The summed E-state index contributed by atoms with van der Waals surface area (Å²) in [5, 5.41) is 12.9. The van der Waals surface area contributed by atoms with Crippen LogP contribution in [0, 0.1) is 0 Å². The van der Waals surface area contributed by atoms with E-state index in [1.807, 2.05) is 0 Å². The Morgan fingerprint density at radius 2 is 2.26 bits per heavy atom. The van der Waals surface area contributed by atoms with Gasteiger partial charge >= 0.3 is 0 Å². The average molecular weight is 326 g/mol. The molecule has 1 atom stereocenters. The number of aliphatic hydroxyl groups is 1. The van der Waals surface area contributed by atoms with Crippen LogP contribution in [0.3, 0.4) is 0 Å². The number of likely N-dealkylation sites (tertiary alicyclic amines) is 1. The molecular weight excluding hydrogens is 304 g/mol. The van der Waals surface area contributed by atoms with Crippen LogP contribution in [-0.2, 0) is 6.42 Å². The molecule has 2 aromatic heterocycles. The first-order chi connectivity index (χ1) is 11.3. The van der Waals surface area contributed by atoms with E-state index in [-0.39, 0.29) is 6.61 Å². The highest BCUT2D eigenvalue weighted by atomic mass is 32.1. The number of nitrogens with zero attached hydrogens (tertiary/aromatic N) is 1. The van der Waals surface area contributed by atoms with Gasteiger partial charge in [0.2, 0.25) is 0 Å². The molecule has 4 rings (SSSR count). The van der Waals surface area contributed by atoms with Crippen LogP contribution in [-0.4, -0.2) is 40.7 Å². The van der Waals surface area contributed by atoms with E-state index in [0.29, 0.717) is 6.04 Å². The van der Waals surface area contributed by atoms with Crippen molar-refractivity contribution in [2.75, 3.05) is 19.7 Å². The predicted molar refractivity (Wildman–Crippen MR) is 97.0 cm³/mol. The maximum atomic E-state index is 9.46. The van der Waals surface area contributed by atoms with Crippen molar-refractivity contribution >= 4 is 22.2 Å². The molecule has 3 nitrogen and oxygen atoms in total. The lowest BCUT2D eigenvalue weighted by molar-refractivity contribution is 0.160. The van der Waals surface area contributed by atoms with E-state index >= 15 is 0 Å². The van der Waals surface area contributed by atoms with Crippen LogP contribution in [0.15, 0.2) is 41.9 Å². The van der Waals surface area contributed by atoms with Crippen LogP contribution in [0.2, 0.25) is 0 Å². The van der Waals surface area contributed by atoms with E-state index in [9.17, 15) is 5.11 Å². The van der Waals surface area contributed by atoms with Crippen molar-refractivity contribution in [3.8, 4) is 10.4 Å². The summed E-state index contributed by atoms with van der Waals surface area (Å²) in [6, 6.07) is 11.3. The van der Waals surface area contributed by atoms with Crippen molar-refractivity contribution in [2.45, 2.75) is 25.3 Å². The number of aromatic amines is 1. The van der Waals surface area contributed by atoms with Crippen molar-refractivity contribution in [2.24, 2.45) is 0 Å². The molecule has 0 spiro atoms. The number of aromatic nitrogens is 1. The van der Waals surface area contributed by atoms with Crippen LogP contribution in [0.4, 0.5) is 0 Å². The molecule has 3 aromatic rings. The first kappa shape index (κ1) is 14.9. The summed E-state index contributed by atoms with van der Waals surface area (Å²) in [6.07, 6.45) is 5.52. The van der Waals surface area contributed by atoms with E-state index in [0.717, 1.165) is 25.9 Å². The maximum Gasteiger partial charge on any atom is 0.0586 e. The number of benzene rings is 1. The molecule has 1 aliphatic rings. The number of hydrogen-bond donors (Lipinski definition) is 2. The van der Waals surface area contributed by atoms with Gasteiger partial charge in [-0.1, -0.05) is 12.1 Å². The third-order valence-electron chi connectivity index (χ3n) is 4.95. The van der Waals surface area contributed by atoms with Gasteiger partial charge in [0, 0.05) is 34.6 Å². The molecule has 1 fully saturated rings. The molecule has 0 amide bonds. The third-order valence-corrected chi connectivity index (χ3v) is 5.87. The van der Waals surface area contributed by atoms with Crippen molar-refractivity contribution in [3.05, 3.63) is 47.5 Å². The van der Waals surface area contributed by atoms with Gasteiger partial charge in [0.25, 0.3) is 0 Å². The van der Waals surface area contributed by atoms with E-state index in [2.05, 4.69) is 51.8 Å². The smallest absolute Gasteiger partial charge is 0.0586 e. The Morgan fingerprint density at radius 3 is 3.09 bits per heavy atom. The number of aliphatic hydroxyl groups excluding tert-OH is 1. The second-order valence-corrected chi connectivity index (χ2v) is 7.26. The monoisotopic (exact) mass is 326 g/mol. The van der Waals surface area contributed by atoms with Gasteiger partial charge in [0.1, 0.15) is 0 Å². The molecule has 1 unspecified atom stereocenters. The number of rotatable bonds is 5. The molecule has 3 heterocycles. The van der Waals surface area contributed by atoms with Crippen molar-refractivity contribution in [1.82, 2.24) is 9.88 Å². The fourth-order valence-electron chi connectivity index (χ4n) is 3.64. The molecule has 4 heteroatoms. The lowest BCUT2D eigenvalue weighted by atomic mass is 10.1. The molecule has 0 saturated carbocycles. The first-order valence-corrected chi connectivity index (χ1v) is 9.22. The second-order valence-electron chi connectivity index (χ2n) is 6.32. The van der Waals surface area contributed by atoms with Gasteiger partial charge in [-0.25, -0.2) is 0 Å².